The Morgan fingerprint density at radius 1 is 0.557 bits per heavy atom. The Morgan fingerprint density at radius 2 is 0.934 bits per heavy atom. The van der Waals surface area contributed by atoms with Crippen LogP contribution >= 0.6 is 31.9 Å². The van der Waals surface area contributed by atoms with E-state index in [4.69, 9.17) is 0 Å². The van der Waals surface area contributed by atoms with E-state index >= 15 is 17.6 Å². The molecule has 0 atom stereocenters. The summed E-state index contributed by atoms with van der Waals surface area (Å²) in [7, 11) is -7.54. The Labute approximate surface area is 377 Å². The molecule has 0 saturated carbocycles. The first-order valence-electron chi connectivity index (χ1n) is 20.4. The van der Waals surface area contributed by atoms with E-state index in [-0.39, 0.29) is 80.5 Å². The van der Waals surface area contributed by atoms with Crippen molar-refractivity contribution in [3.8, 4) is 0 Å². The first-order chi connectivity index (χ1) is 29.2. The molecule has 0 unspecified atom stereocenters. The molecule has 0 heterocycles. The minimum absolute atomic E-state index is 0.152. The summed E-state index contributed by atoms with van der Waals surface area (Å²) >= 11 is 1.58. The normalized spacial score (nSPS) is 14.4. The first-order valence-corrected chi connectivity index (χ1v) is 27.9. The quantitative estimate of drug-likeness (QED) is 0.0502. The van der Waals surface area contributed by atoms with Crippen LogP contribution < -0.4 is 7.74 Å². The number of allylic oxidation sites excluding steroid dienone is 8. The van der Waals surface area contributed by atoms with E-state index in [0.29, 0.717) is 33.4 Å². The molecule has 2 aliphatic rings. The van der Waals surface area contributed by atoms with E-state index in [1.54, 1.807) is 62.4 Å². The third kappa shape index (κ3) is 10.1. The Morgan fingerprint density at radius 3 is 1.26 bits per heavy atom. The molecule has 4 aromatic rings. The monoisotopic (exact) mass is 1040 g/mol. The Kier molecular flexibility index (Phi) is 16.1. The molecule has 2 aliphatic carbocycles. The van der Waals surface area contributed by atoms with Gasteiger partial charge in [0.25, 0.3) is 0 Å². The maximum atomic E-state index is 17.4. The van der Waals surface area contributed by atoms with Crippen molar-refractivity contribution >= 4 is 59.6 Å². The van der Waals surface area contributed by atoms with Gasteiger partial charge in [0.1, 0.15) is 0 Å². The third-order valence-electron chi connectivity index (χ3n) is 11.4. The van der Waals surface area contributed by atoms with Crippen molar-refractivity contribution in [2.24, 2.45) is 0 Å². The molecule has 0 bridgehead atoms. The molecule has 324 valence electrons. The molecule has 4 aromatic carbocycles. The number of hydrogen-bond donors (Lipinski definition) is 0. The summed E-state index contributed by atoms with van der Waals surface area (Å²) in [5.74, 6) is -3.39. The van der Waals surface area contributed by atoms with Gasteiger partial charge in [0.2, 0.25) is 0 Å². The predicted octanol–water partition coefficient (Wildman–Crippen LogP) is 10.6. The fraction of sp³-hybridized carbons (Fsp3) is 0.304. The Balaban J connectivity index is 1.30. The van der Waals surface area contributed by atoms with Gasteiger partial charge in [-0.2, -0.15) is 0 Å². The van der Waals surface area contributed by atoms with Crippen LogP contribution in [0.1, 0.15) is 63.5 Å². The van der Waals surface area contributed by atoms with E-state index in [1.165, 1.54) is 57.1 Å². The van der Waals surface area contributed by atoms with Crippen LogP contribution in [0, 0.1) is 23.3 Å². The van der Waals surface area contributed by atoms with Crippen LogP contribution in [0.5, 0.6) is 0 Å². The molecule has 0 N–H and O–H groups in total. The van der Waals surface area contributed by atoms with Crippen LogP contribution in [0.25, 0.3) is 0 Å². The van der Waals surface area contributed by atoms with Gasteiger partial charge in [0.05, 0.1) is 0 Å². The average molecular weight is 1040 g/mol. The van der Waals surface area contributed by atoms with Gasteiger partial charge in [0, 0.05) is 8.95 Å². The second-order valence-electron chi connectivity index (χ2n) is 15.0. The Hall–Kier alpha value is -2.95. The second kappa shape index (κ2) is 20.7. The van der Waals surface area contributed by atoms with Crippen LogP contribution in [0.15, 0.2) is 136 Å². The topological polar surface area (TPSA) is 74.8 Å². The molecular weight excluding hydrogens is 992 g/mol. The summed E-state index contributed by atoms with van der Waals surface area (Å²) in [6, 6.07) is 17.9. The van der Waals surface area contributed by atoms with Crippen molar-refractivity contribution in [2.45, 2.75) is 75.0 Å². The number of hydrogen-bond acceptors (Lipinski definition) is 4. The van der Waals surface area contributed by atoms with Gasteiger partial charge in [-0.25, -0.2) is 0 Å². The predicted molar refractivity (Wildman–Crippen MR) is 239 cm³/mol. The standard InChI is InChI=1S/2C18H19BrF2NO2S.2C5H5.Ti/c2*1-2-22(25(23,24)17-10-7-15(19)8-11-17)12-4-3-5-14-6-9-16(20)13-18(14)21;2*1-2-4-5-3-1;/h2*6-11H,2-5,12H2,1H3;2*1-3H,4H2;. The summed E-state index contributed by atoms with van der Waals surface area (Å²) in [5.41, 5.74) is 0.387. The zero-order valence-corrected chi connectivity index (χ0v) is 40.4. The molecule has 0 spiro atoms. The first kappa shape index (κ1) is 47.5. The van der Waals surface area contributed by atoms with Crippen molar-refractivity contribution in [2.75, 3.05) is 26.2 Å². The number of nitrogens with zero attached hydrogens (tertiary/aromatic N) is 2. The number of halogens is 6. The summed E-state index contributed by atoms with van der Waals surface area (Å²) in [4.78, 5) is 0.326. The van der Waals surface area contributed by atoms with E-state index in [2.05, 4.69) is 31.9 Å². The van der Waals surface area contributed by atoms with Crippen molar-refractivity contribution in [1.29, 1.82) is 0 Å². The number of sulfonamides is 2. The van der Waals surface area contributed by atoms with E-state index in [9.17, 15) is 16.8 Å². The molecule has 0 aliphatic heterocycles. The van der Waals surface area contributed by atoms with Crippen molar-refractivity contribution in [3.63, 3.8) is 0 Å². The van der Waals surface area contributed by atoms with Crippen LogP contribution in [0.4, 0.5) is 17.6 Å². The molecule has 15 heteroatoms. The third-order valence-corrected chi connectivity index (χ3v) is 24.4. The van der Waals surface area contributed by atoms with Crippen LogP contribution in [0.2, 0.25) is 0 Å². The molecule has 0 saturated heterocycles. The van der Waals surface area contributed by atoms with Crippen LogP contribution in [-0.4, -0.2) is 51.6 Å². The molecule has 0 amide bonds. The molecule has 6 rings (SSSR count). The molecule has 6 nitrogen and oxygen atoms in total. The maximum absolute atomic E-state index is 17.4. The summed E-state index contributed by atoms with van der Waals surface area (Å²) in [6.07, 6.45) is 13.1. The second-order valence-corrected chi connectivity index (χ2v) is 26.6. The number of aryl methyl sites for hydroxylation is 2. The van der Waals surface area contributed by atoms with Gasteiger partial charge >= 0.3 is 340 Å². The number of benzene rings is 4. The molecular formula is C46H48Br2F4N2O4S2Ti. The van der Waals surface area contributed by atoms with Gasteiger partial charge in [0.15, 0.2) is 0 Å². The SMILES string of the molecule is CCN(CCCCc1ccc(F)[c]([Ti]([C]2=CC=CC2)([C]2=CC=CC2)[c]2c(F)ccc(CCCCN(CC)S(=O)(=O)c3ccc(Br)cc3)c2F)c1F)S(=O)(=O)c1ccc(Br)cc1. The minimum atomic E-state index is -5.09. The van der Waals surface area contributed by atoms with Gasteiger partial charge in [-0.3, -0.25) is 0 Å². The fourth-order valence-electron chi connectivity index (χ4n) is 8.30. The zero-order chi connectivity index (χ0) is 44.0. The summed E-state index contributed by atoms with van der Waals surface area (Å²) in [5, 5.41) is 0. The zero-order valence-electron chi connectivity index (χ0n) is 34.0. The van der Waals surface area contributed by atoms with E-state index < -0.39 is 59.9 Å². The number of unbranched alkanes of at least 4 members (excludes halogenated alkanes) is 2. The van der Waals surface area contributed by atoms with Crippen molar-refractivity contribution in [3.05, 3.63) is 160 Å². The van der Waals surface area contributed by atoms with Crippen molar-refractivity contribution in [1.82, 2.24) is 8.61 Å². The van der Waals surface area contributed by atoms with Crippen molar-refractivity contribution < 1.29 is 51.0 Å². The molecule has 0 radical (unpaired) electrons. The van der Waals surface area contributed by atoms with E-state index in [0.717, 1.165) is 8.95 Å². The van der Waals surface area contributed by atoms with Crippen LogP contribution in [0.3, 0.4) is 0 Å². The average Bonchev–Trinajstić information content (AvgIpc) is 3.98. The molecule has 0 fully saturated rings. The van der Waals surface area contributed by atoms with Gasteiger partial charge in [-0.15, -0.1) is 0 Å². The van der Waals surface area contributed by atoms with Gasteiger partial charge < -0.3 is 0 Å². The summed E-state index contributed by atoms with van der Waals surface area (Å²) < 4.78 is 126. The van der Waals surface area contributed by atoms with E-state index in [1.807, 2.05) is 12.2 Å². The van der Waals surface area contributed by atoms with Crippen LogP contribution in [-0.2, 0) is 49.5 Å². The van der Waals surface area contributed by atoms with Gasteiger partial charge in [-0.1, -0.05) is 31.9 Å². The molecule has 61 heavy (non-hydrogen) atoms. The molecule has 0 aromatic heterocycles. The van der Waals surface area contributed by atoms with Gasteiger partial charge in [-0.05, 0) is 0 Å². The summed E-state index contributed by atoms with van der Waals surface area (Å²) in [6.45, 7) is 4.34. The fourth-order valence-corrected chi connectivity index (χ4v) is 20.2. The number of rotatable bonds is 20. The Bertz CT molecular complexity index is 2410.